The van der Waals surface area contributed by atoms with Crippen LogP contribution in [0.15, 0.2) is 30.3 Å². The first-order valence-corrected chi connectivity index (χ1v) is 5.62. The van der Waals surface area contributed by atoms with Crippen LogP contribution in [0.4, 0.5) is 0 Å². The molecule has 0 spiro atoms. The molecule has 92 valence electrons. The number of carbonyl (C=O) groups is 2. The highest BCUT2D eigenvalue weighted by molar-refractivity contribution is 6.29. The van der Waals surface area contributed by atoms with Crippen LogP contribution in [0.1, 0.15) is 18.9 Å². The van der Waals surface area contributed by atoms with E-state index in [1.165, 1.54) is 0 Å². The number of ether oxygens (including phenoxy) is 2. The first-order valence-electron chi connectivity index (χ1n) is 5.62. The molecule has 1 aromatic carbocycles. The number of carbonyl (C=O) groups excluding carboxylic acids is 2. The Balaban J connectivity index is 2.22. The Morgan fingerprint density at radius 1 is 1.00 bits per heavy atom. The average molecular weight is 236 g/mol. The molecule has 0 atom stereocenters. The normalized spacial score (nSPS) is 9.71. The van der Waals surface area contributed by atoms with Crippen LogP contribution in [0.5, 0.6) is 0 Å². The van der Waals surface area contributed by atoms with Gasteiger partial charge in [0.15, 0.2) is 0 Å². The lowest BCUT2D eigenvalue weighted by molar-refractivity contribution is -0.167. The molecule has 0 aliphatic carbocycles. The highest BCUT2D eigenvalue weighted by atomic mass is 16.6. The van der Waals surface area contributed by atoms with Gasteiger partial charge in [0.25, 0.3) is 0 Å². The Hall–Kier alpha value is -1.84. The van der Waals surface area contributed by atoms with E-state index < -0.39 is 11.9 Å². The fourth-order valence-corrected chi connectivity index (χ4v) is 1.22. The van der Waals surface area contributed by atoms with Crippen molar-refractivity contribution in [2.24, 2.45) is 0 Å². The van der Waals surface area contributed by atoms with Gasteiger partial charge in [-0.05, 0) is 12.0 Å². The lowest BCUT2D eigenvalue weighted by Gasteiger charge is -2.04. The SMILES string of the molecule is CCCOC(=O)C(=O)OCCc1ccccc1. The Kier molecular flexibility index (Phi) is 5.79. The monoisotopic (exact) mass is 236 g/mol. The second-order valence-electron chi connectivity index (χ2n) is 3.51. The van der Waals surface area contributed by atoms with Crippen molar-refractivity contribution >= 4 is 11.9 Å². The number of hydrogen-bond donors (Lipinski definition) is 0. The molecule has 0 radical (unpaired) electrons. The second-order valence-corrected chi connectivity index (χ2v) is 3.51. The second kappa shape index (κ2) is 7.44. The van der Waals surface area contributed by atoms with Gasteiger partial charge in [0.1, 0.15) is 0 Å². The van der Waals surface area contributed by atoms with Crippen LogP contribution in [0.25, 0.3) is 0 Å². The Morgan fingerprint density at radius 2 is 1.59 bits per heavy atom. The molecule has 4 heteroatoms. The molecule has 0 aliphatic rings. The van der Waals surface area contributed by atoms with E-state index in [1.54, 1.807) is 0 Å². The van der Waals surface area contributed by atoms with Crippen LogP contribution in [-0.2, 0) is 25.5 Å². The minimum Gasteiger partial charge on any atom is -0.457 e. The van der Waals surface area contributed by atoms with Gasteiger partial charge >= 0.3 is 11.9 Å². The first-order chi connectivity index (χ1) is 8.24. The lowest BCUT2D eigenvalue weighted by Crippen LogP contribution is -2.21. The largest absolute Gasteiger partial charge is 0.457 e. The van der Waals surface area contributed by atoms with Crippen LogP contribution in [0.2, 0.25) is 0 Å². The van der Waals surface area contributed by atoms with Gasteiger partial charge in [0.2, 0.25) is 0 Å². The van der Waals surface area contributed by atoms with Crippen molar-refractivity contribution in [1.29, 1.82) is 0 Å². The third-order valence-corrected chi connectivity index (χ3v) is 2.07. The van der Waals surface area contributed by atoms with E-state index in [0.717, 1.165) is 5.56 Å². The molecule has 0 N–H and O–H groups in total. The molecule has 0 aromatic heterocycles. The summed E-state index contributed by atoms with van der Waals surface area (Å²) in [6.45, 7) is 2.28. The minimum atomic E-state index is -0.922. The van der Waals surface area contributed by atoms with Crippen molar-refractivity contribution in [3.63, 3.8) is 0 Å². The van der Waals surface area contributed by atoms with Crippen LogP contribution < -0.4 is 0 Å². The highest BCUT2D eigenvalue weighted by Gasteiger charge is 2.16. The fraction of sp³-hybridized carbons (Fsp3) is 0.385. The summed E-state index contributed by atoms with van der Waals surface area (Å²) in [5.41, 5.74) is 1.06. The topological polar surface area (TPSA) is 52.6 Å². The Morgan fingerprint density at radius 3 is 2.18 bits per heavy atom. The van der Waals surface area contributed by atoms with Crippen molar-refractivity contribution in [1.82, 2.24) is 0 Å². The maximum absolute atomic E-state index is 11.1. The number of rotatable bonds is 5. The van der Waals surface area contributed by atoms with E-state index in [4.69, 9.17) is 4.74 Å². The smallest absolute Gasteiger partial charge is 0.417 e. The molecule has 0 bridgehead atoms. The molecule has 0 heterocycles. The van der Waals surface area contributed by atoms with Gasteiger partial charge in [0, 0.05) is 6.42 Å². The van der Waals surface area contributed by atoms with Crippen LogP contribution >= 0.6 is 0 Å². The minimum absolute atomic E-state index is 0.185. The quantitative estimate of drug-likeness (QED) is 0.577. The van der Waals surface area contributed by atoms with E-state index in [1.807, 2.05) is 37.3 Å². The van der Waals surface area contributed by atoms with Crippen molar-refractivity contribution in [2.75, 3.05) is 13.2 Å². The molecule has 17 heavy (non-hydrogen) atoms. The zero-order chi connectivity index (χ0) is 12.5. The number of benzene rings is 1. The van der Waals surface area contributed by atoms with Crippen LogP contribution in [0, 0.1) is 0 Å². The summed E-state index contributed by atoms with van der Waals surface area (Å²) in [5.74, 6) is -1.84. The van der Waals surface area contributed by atoms with E-state index >= 15 is 0 Å². The van der Waals surface area contributed by atoms with Gasteiger partial charge < -0.3 is 9.47 Å². The molecule has 1 aromatic rings. The van der Waals surface area contributed by atoms with E-state index in [-0.39, 0.29) is 13.2 Å². The maximum Gasteiger partial charge on any atom is 0.417 e. The molecule has 4 nitrogen and oxygen atoms in total. The van der Waals surface area contributed by atoms with Crippen molar-refractivity contribution in [2.45, 2.75) is 19.8 Å². The summed E-state index contributed by atoms with van der Waals surface area (Å²) >= 11 is 0. The summed E-state index contributed by atoms with van der Waals surface area (Å²) in [7, 11) is 0. The van der Waals surface area contributed by atoms with Crippen LogP contribution in [-0.4, -0.2) is 25.2 Å². The zero-order valence-electron chi connectivity index (χ0n) is 9.85. The maximum atomic E-state index is 11.1. The third kappa shape index (κ3) is 5.15. The van der Waals surface area contributed by atoms with Gasteiger partial charge in [-0.1, -0.05) is 37.3 Å². The third-order valence-electron chi connectivity index (χ3n) is 2.07. The van der Waals surface area contributed by atoms with E-state index in [2.05, 4.69) is 4.74 Å². The summed E-state index contributed by atoms with van der Waals surface area (Å²) in [6.07, 6.45) is 1.27. The fourth-order valence-electron chi connectivity index (χ4n) is 1.22. The lowest BCUT2D eigenvalue weighted by atomic mass is 10.2. The predicted octanol–water partition coefficient (Wildman–Crippen LogP) is 1.73. The summed E-state index contributed by atoms with van der Waals surface area (Å²) in [4.78, 5) is 22.2. The highest BCUT2D eigenvalue weighted by Crippen LogP contribution is 1.99. The van der Waals surface area contributed by atoms with Gasteiger partial charge in [-0.25, -0.2) is 9.59 Å². The first kappa shape index (κ1) is 13.2. The van der Waals surface area contributed by atoms with Crippen LogP contribution in [0.3, 0.4) is 0 Å². The number of esters is 2. The Labute approximate surface area is 101 Å². The molecule has 0 aliphatic heterocycles. The standard InChI is InChI=1S/C13H16O4/c1-2-9-16-12(14)13(15)17-10-8-11-6-4-3-5-7-11/h3-7H,2,8-10H2,1H3. The van der Waals surface area contributed by atoms with Gasteiger partial charge in [0.05, 0.1) is 13.2 Å². The molecule has 0 unspecified atom stereocenters. The van der Waals surface area contributed by atoms with Gasteiger partial charge in [-0.3, -0.25) is 0 Å². The summed E-state index contributed by atoms with van der Waals surface area (Å²) in [5, 5.41) is 0. The molecule has 0 saturated carbocycles. The van der Waals surface area contributed by atoms with Gasteiger partial charge in [-0.15, -0.1) is 0 Å². The van der Waals surface area contributed by atoms with Crippen molar-refractivity contribution < 1.29 is 19.1 Å². The Bertz CT molecular complexity index is 359. The van der Waals surface area contributed by atoms with Crippen molar-refractivity contribution in [3.05, 3.63) is 35.9 Å². The molecule has 0 fully saturated rings. The molecular formula is C13H16O4. The molecule has 1 rings (SSSR count). The summed E-state index contributed by atoms with van der Waals surface area (Å²) < 4.78 is 9.43. The van der Waals surface area contributed by atoms with Gasteiger partial charge in [-0.2, -0.15) is 0 Å². The predicted molar refractivity (Wildman–Crippen MR) is 62.4 cm³/mol. The molecule has 0 amide bonds. The average Bonchev–Trinajstić information content (AvgIpc) is 2.37. The van der Waals surface area contributed by atoms with E-state index in [0.29, 0.717) is 12.8 Å². The molecule has 0 saturated heterocycles. The number of hydrogen-bond acceptors (Lipinski definition) is 4. The molecular weight excluding hydrogens is 220 g/mol. The van der Waals surface area contributed by atoms with E-state index in [9.17, 15) is 9.59 Å². The summed E-state index contributed by atoms with van der Waals surface area (Å²) in [6, 6.07) is 9.60. The zero-order valence-corrected chi connectivity index (χ0v) is 9.85. The van der Waals surface area contributed by atoms with Crippen molar-refractivity contribution in [3.8, 4) is 0 Å².